The zero-order valence-electron chi connectivity index (χ0n) is 13.8. The molecule has 4 rings (SSSR count). The molecule has 6 nitrogen and oxygen atoms in total. The maximum absolute atomic E-state index is 12.8. The number of hydrogen-bond acceptors (Lipinski definition) is 4. The standard InChI is InChI=1S/C17H26N4O2/c1-11-18-16(20-19-11)15-10-21(7-8-23-15)17(22)14-9-13(14)12-5-3-2-4-6-12/h12-15H,2-10H2,1H3,(H,18,19,20)/t13-,14-,15+/m1/s1. The highest BCUT2D eigenvalue weighted by Crippen LogP contribution is 2.50. The van der Waals surface area contributed by atoms with Gasteiger partial charge in [0.15, 0.2) is 5.82 Å². The summed E-state index contributed by atoms with van der Waals surface area (Å²) in [6, 6.07) is 0. The van der Waals surface area contributed by atoms with Gasteiger partial charge in [-0.15, -0.1) is 0 Å². The minimum Gasteiger partial charge on any atom is -0.366 e. The van der Waals surface area contributed by atoms with Crippen molar-refractivity contribution in [2.24, 2.45) is 17.8 Å². The van der Waals surface area contributed by atoms with E-state index in [1.807, 2.05) is 11.8 Å². The Hall–Kier alpha value is -1.43. The van der Waals surface area contributed by atoms with Crippen LogP contribution >= 0.6 is 0 Å². The van der Waals surface area contributed by atoms with Crippen LogP contribution < -0.4 is 0 Å². The second-order valence-electron chi connectivity index (χ2n) is 7.33. The first-order valence-electron chi connectivity index (χ1n) is 9.01. The number of carbonyl (C=O) groups is 1. The Morgan fingerprint density at radius 2 is 2.13 bits per heavy atom. The van der Waals surface area contributed by atoms with E-state index in [9.17, 15) is 4.79 Å². The van der Waals surface area contributed by atoms with Crippen molar-refractivity contribution in [1.29, 1.82) is 0 Å². The number of nitrogens with one attached hydrogen (secondary N) is 1. The molecule has 1 aliphatic heterocycles. The van der Waals surface area contributed by atoms with Gasteiger partial charge in [0.1, 0.15) is 11.9 Å². The van der Waals surface area contributed by atoms with E-state index in [0.717, 1.165) is 18.2 Å². The molecule has 0 spiro atoms. The van der Waals surface area contributed by atoms with Crippen LogP contribution in [-0.4, -0.2) is 45.7 Å². The van der Waals surface area contributed by atoms with Gasteiger partial charge >= 0.3 is 0 Å². The van der Waals surface area contributed by atoms with E-state index in [0.29, 0.717) is 37.3 Å². The number of aryl methyl sites for hydroxylation is 1. The van der Waals surface area contributed by atoms with E-state index in [1.165, 1.54) is 32.1 Å². The molecule has 3 atom stereocenters. The highest BCUT2D eigenvalue weighted by molar-refractivity contribution is 5.81. The van der Waals surface area contributed by atoms with Crippen molar-refractivity contribution >= 4 is 5.91 Å². The van der Waals surface area contributed by atoms with E-state index in [4.69, 9.17) is 4.74 Å². The van der Waals surface area contributed by atoms with Crippen LogP contribution in [0.4, 0.5) is 0 Å². The van der Waals surface area contributed by atoms with Crippen LogP contribution in [0.15, 0.2) is 0 Å². The quantitative estimate of drug-likeness (QED) is 0.928. The molecule has 2 saturated carbocycles. The van der Waals surface area contributed by atoms with Gasteiger partial charge in [-0.2, -0.15) is 5.10 Å². The second-order valence-corrected chi connectivity index (χ2v) is 7.33. The molecule has 0 radical (unpaired) electrons. The van der Waals surface area contributed by atoms with Crippen LogP contribution in [0.5, 0.6) is 0 Å². The molecule has 3 fully saturated rings. The smallest absolute Gasteiger partial charge is 0.226 e. The zero-order chi connectivity index (χ0) is 15.8. The fraction of sp³-hybridized carbons (Fsp3) is 0.824. The first kappa shape index (κ1) is 15.1. The Morgan fingerprint density at radius 1 is 1.30 bits per heavy atom. The fourth-order valence-electron chi connectivity index (χ4n) is 4.33. The largest absolute Gasteiger partial charge is 0.366 e. The number of nitrogens with zero attached hydrogens (tertiary/aromatic N) is 3. The molecule has 0 aromatic carbocycles. The van der Waals surface area contributed by atoms with Crippen LogP contribution in [0.1, 0.15) is 56.3 Å². The molecule has 3 aliphatic rings. The van der Waals surface area contributed by atoms with Crippen molar-refractivity contribution < 1.29 is 9.53 Å². The summed E-state index contributed by atoms with van der Waals surface area (Å²) in [6.07, 6.45) is 7.66. The Bertz CT molecular complexity index is 567. The number of hydrogen-bond donors (Lipinski definition) is 1. The van der Waals surface area contributed by atoms with Gasteiger partial charge in [-0.1, -0.05) is 32.1 Å². The number of aromatic amines is 1. The normalized spacial score (nSPS) is 32.0. The average Bonchev–Trinajstić information content (AvgIpc) is 3.29. The molecule has 126 valence electrons. The lowest BCUT2D eigenvalue weighted by Gasteiger charge is -2.32. The SMILES string of the molecule is Cc1nc([C@@H]2CN(C(=O)[C@@H]3C[C@@H]3C3CCCCC3)CCO2)n[nH]1. The van der Waals surface area contributed by atoms with E-state index in [1.54, 1.807) is 0 Å². The molecule has 2 aliphatic carbocycles. The number of aromatic nitrogens is 3. The summed E-state index contributed by atoms with van der Waals surface area (Å²) in [5.74, 6) is 3.50. The Labute approximate surface area is 137 Å². The average molecular weight is 318 g/mol. The molecule has 1 N–H and O–H groups in total. The number of amides is 1. The molecule has 1 saturated heterocycles. The Kier molecular flexibility index (Phi) is 4.09. The van der Waals surface area contributed by atoms with Crippen LogP contribution in [0.2, 0.25) is 0 Å². The van der Waals surface area contributed by atoms with Gasteiger partial charge in [-0.05, 0) is 25.2 Å². The Balaban J connectivity index is 1.35. The first-order chi connectivity index (χ1) is 11.2. The maximum Gasteiger partial charge on any atom is 0.226 e. The molecule has 1 aromatic heterocycles. The number of ether oxygens (including phenoxy) is 1. The summed E-state index contributed by atoms with van der Waals surface area (Å²) >= 11 is 0. The predicted molar refractivity (Wildman–Crippen MR) is 84.6 cm³/mol. The summed E-state index contributed by atoms with van der Waals surface area (Å²) in [5, 5.41) is 7.03. The molecule has 6 heteroatoms. The van der Waals surface area contributed by atoms with E-state index < -0.39 is 0 Å². The zero-order valence-corrected chi connectivity index (χ0v) is 13.8. The number of morpholine rings is 1. The summed E-state index contributed by atoms with van der Waals surface area (Å²) in [5.41, 5.74) is 0. The predicted octanol–water partition coefficient (Wildman–Crippen LogP) is 2.23. The van der Waals surface area contributed by atoms with Crippen LogP contribution in [-0.2, 0) is 9.53 Å². The van der Waals surface area contributed by atoms with Gasteiger partial charge in [0, 0.05) is 12.5 Å². The van der Waals surface area contributed by atoms with Gasteiger partial charge < -0.3 is 9.64 Å². The minimum atomic E-state index is -0.190. The number of rotatable bonds is 3. The molecular weight excluding hydrogens is 292 g/mol. The molecule has 1 amide bonds. The van der Waals surface area contributed by atoms with Crippen molar-refractivity contribution in [1.82, 2.24) is 20.1 Å². The number of carbonyl (C=O) groups excluding carboxylic acids is 1. The first-order valence-corrected chi connectivity index (χ1v) is 9.01. The fourth-order valence-corrected chi connectivity index (χ4v) is 4.33. The lowest BCUT2D eigenvalue weighted by Crippen LogP contribution is -2.43. The van der Waals surface area contributed by atoms with Gasteiger partial charge in [0.25, 0.3) is 0 Å². The van der Waals surface area contributed by atoms with Crippen LogP contribution in [0.3, 0.4) is 0 Å². The van der Waals surface area contributed by atoms with Crippen molar-refractivity contribution in [3.8, 4) is 0 Å². The van der Waals surface area contributed by atoms with E-state index >= 15 is 0 Å². The third-order valence-corrected chi connectivity index (χ3v) is 5.69. The monoisotopic (exact) mass is 318 g/mol. The molecule has 1 aromatic rings. The summed E-state index contributed by atoms with van der Waals surface area (Å²) in [6.45, 7) is 3.74. The van der Waals surface area contributed by atoms with Crippen molar-refractivity contribution in [2.75, 3.05) is 19.7 Å². The number of H-pyrrole nitrogens is 1. The highest BCUT2D eigenvalue weighted by Gasteiger charge is 2.49. The van der Waals surface area contributed by atoms with Crippen LogP contribution in [0, 0.1) is 24.7 Å². The lowest BCUT2D eigenvalue weighted by atomic mass is 9.85. The lowest BCUT2D eigenvalue weighted by molar-refractivity contribution is -0.141. The molecule has 23 heavy (non-hydrogen) atoms. The molecular formula is C17H26N4O2. The van der Waals surface area contributed by atoms with Gasteiger partial charge in [0.2, 0.25) is 5.91 Å². The second kappa shape index (κ2) is 6.23. The third kappa shape index (κ3) is 3.13. The summed E-state index contributed by atoms with van der Waals surface area (Å²) in [4.78, 5) is 19.1. The van der Waals surface area contributed by atoms with E-state index in [2.05, 4.69) is 15.2 Å². The maximum atomic E-state index is 12.8. The van der Waals surface area contributed by atoms with E-state index in [-0.39, 0.29) is 12.0 Å². The van der Waals surface area contributed by atoms with Gasteiger partial charge in [0.05, 0.1) is 13.2 Å². The Morgan fingerprint density at radius 3 is 2.87 bits per heavy atom. The van der Waals surface area contributed by atoms with Crippen molar-refractivity contribution in [3.05, 3.63) is 11.6 Å². The van der Waals surface area contributed by atoms with Gasteiger partial charge in [-0.25, -0.2) is 4.98 Å². The molecule has 2 heterocycles. The molecule has 0 bridgehead atoms. The van der Waals surface area contributed by atoms with Gasteiger partial charge in [-0.3, -0.25) is 9.89 Å². The minimum absolute atomic E-state index is 0.190. The summed E-state index contributed by atoms with van der Waals surface area (Å²) < 4.78 is 5.76. The summed E-state index contributed by atoms with van der Waals surface area (Å²) in [7, 11) is 0. The third-order valence-electron chi connectivity index (χ3n) is 5.69. The van der Waals surface area contributed by atoms with Crippen molar-refractivity contribution in [2.45, 2.75) is 51.6 Å². The van der Waals surface area contributed by atoms with Crippen LogP contribution in [0.25, 0.3) is 0 Å². The van der Waals surface area contributed by atoms with Crippen molar-refractivity contribution in [3.63, 3.8) is 0 Å². The highest BCUT2D eigenvalue weighted by atomic mass is 16.5. The molecule has 0 unspecified atom stereocenters. The topological polar surface area (TPSA) is 71.1 Å².